The molecule has 5 rings (SSSR count). The minimum Gasteiger partial charge on any atom is -0.460 e. The third-order valence-corrected chi connectivity index (χ3v) is 17.0. The first-order valence-electron chi connectivity index (χ1n) is 28.2. The van der Waals surface area contributed by atoms with Crippen molar-refractivity contribution in [2.75, 3.05) is 67.3 Å². The van der Waals surface area contributed by atoms with Crippen LogP contribution in [0.2, 0.25) is 0 Å². The first kappa shape index (κ1) is 62.7. The Morgan fingerprint density at radius 2 is 1.59 bits per heavy atom. The molecule has 0 aromatic heterocycles. The number of carbonyl (C=O) groups is 6. The highest BCUT2D eigenvalue weighted by atomic mass is 16.6. The zero-order valence-corrected chi connectivity index (χ0v) is 47.6. The number of cyclic esters (lactones) is 1. The zero-order chi connectivity index (χ0) is 55.7. The molecule has 3 saturated heterocycles. The molecule has 1 aliphatic carbocycles. The number of hydrogen-bond donors (Lipinski definition) is 2. The van der Waals surface area contributed by atoms with E-state index in [9.17, 15) is 33.9 Å². The van der Waals surface area contributed by atoms with E-state index in [2.05, 4.69) is 10.2 Å². The van der Waals surface area contributed by atoms with Crippen molar-refractivity contribution in [2.45, 2.75) is 187 Å². The highest BCUT2D eigenvalue weighted by molar-refractivity contribution is 6.39. The zero-order valence-electron chi connectivity index (χ0n) is 47.6. The third-order valence-electron chi connectivity index (χ3n) is 17.0. The fourth-order valence-corrected chi connectivity index (χ4v) is 11.8. The minimum atomic E-state index is -1.45. The number of ketones is 3. The molecule has 17 heteroatoms. The number of carbonyl (C=O) groups excluding carboxylic acids is 6. The van der Waals surface area contributed by atoms with Crippen LogP contribution in [0, 0.1) is 35.5 Å². The Morgan fingerprint density at radius 1 is 0.855 bits per heavy atom. The smallest absolute Gasteiger partial charge is 0.407 e. The number of morpholine rings is 1. The van der Waals surface area contributed by atoms with Crippen LogP contribution in [-0.2, 0) is 57.1 Å². The standard InChI is InChI=1S/C59H93N3O14/c1-37-17-13-12-14-18-38(2)49(70-9)35-45-22-20-43(7)59(8,76-45)55(66)56(67)62-25-16-15-19-46(62)57(68)74-50(36-47(63)39(3)32-42(6)53(65)54(72-11)52(64)41(5)31-37)40(4)33-44-21-23-48(51(34-44)71-10)75-58(69)60-24-26-61-27-29-73-30-28-61/h12-14,17-18,32,37,39-41,43-46,48-51,53-54,65H,15-16,19-31,33-36H2,1-11H3,(H,60,69)/b14-12+,17-13+,38-18+,42-32+/t37-,39-,40-,41-,43-,44+,45+,46+,48-,49+,50+,51-,53-,54+,59-/m1/s1. The predicted octanol–water partition coefficient (Wildman–Crippen LogP) is 7.32. The number of alkyl carbamates (subject to hydrolysis) is 1. The van der Waals surface area contributed by atoms with E-state index in [1.54, 1.807) is 41.1 Å². The van der Waals surface area contributed by atoms with E-state index < -0.39 is 71.6 Å². The molecule has 4 aliphatic heterocycles. The minimum absolute atomic E-state index is 0.0278. The normalized spacial score (nSPS) is 37.6. The van der Waals surface area contributed by atoms with E-state index in [0.29, 0.717) is 96.1 Å². The number of amides is 2. The maximum absolute atomic E-state index is 14.7. The molecule has 2 amide bonds. The molecule has 0 aromatic carbocycles. The number of esters is 1. The monoisotopic (exact) mass is 1070 g/mol. The second kappa shape index (κ2) is 30.3. The lowest BCUT2D eigenvalue weighted by atomic mass is 9.78. The van der Waals surface area contributed by atoms with Crippen LogP contribution in [0.15, 0.2) is 47.6 Å². The van der Waals surface area contributed by atoms with Crippen LogP contribution in [0.25, 0.3) is 0 Å². The van der Waals surface area contributed by atoms with Crippen LogP contribution in [0.3, 0.4) is 0 Å². The summed E-state index contributed by atoms with van der Waals surface area (Å²) in [6.07, 6.45) is 11.9. The van der Waals surface area contributed by atoms with Gasteiger partial charge in [-0.05, 0) is 120 Å². The summed E-state index contributed by atoms with van der Waals surface area (Å²) in [7, 11) is 4.62. The van der Waals surface area contributed by atoms with Gasteiger partial charge in [-0.3, -0.25) is 24.1 Å². The molecule has 0 spiro atoms. The van der Waals surface area contributed by atoms with Crippen molar-refractivity contribution < 1.29 is 67.0 Å². The molecule has 76 heavy (non-hydrogen) atoms. The van der Waals surface area contributed by atoms with Crippen LogP contribution < -0.4 is 5.32 Å². The molecule has 1 saturated carbocycles. The predicted molar refractivity (Wildman–Crippen MR) is 288 cm³/mol. The van der Waals surface area contributed by atoms with E-state index >= 15 is 0 Å². The van der Waals surface area contributed by atoms with Crippen molar-refractivity contribution in [3.8, 4) is 0 Å². The summed E-state index contributed by atoms with van der Waals surface area (Å²) in [6.45, 7) is 19.0. The quantitative estimate of drug-likeness (QED) is 0.125. The average molecular weight is 1070 g/mol. The molecule has 2 bridgehead atoms. The van der Waals surface area contributed by atoms with Gasteiger partial charge in [-0.1, -0.05) is 71.1 Å². The van der Waals surface area contributed by atoms with Gasteiger partial charge in [0, 0.05) is 78.7 Å². The Hall–Kier alpha value is -4.10. The Kier molecular flexibility index (Phi) is 25.0. The van der Waals surface area contributed by atoms with Gasteiger partial charge in [0.2, 0.25) is 0 Å². The summed E-state index contributed by atoms with van der Waals surface area (Å²) in [5.74, 6) is -4.43. The number of allylic oxidation sites excluding steroid dienone is 6. The van der Waals surface area contributed by atoms with Gasteiger partial charge >= 0.3 is 12.1 Å². The largest absolute Gasteiger partial charge is 0.460 e. The SMILES string of the molecule is CO[C@H]1C[C@@H]2CC[C@@H](C)[C@@](C)(O2)C(=O)C(=O)N2CCCC[C@H]2C(=O)O[C@H]([C@H](C)C[C@@H]2CC[C@@H](OC(=O)NCCN3CCOCC3)[C@H](OC)C2)CC(=O)[C@H](C)/C=C(\C)[C@@H](O)[C@@H](OC)C(=O)[C@H](C)C[C@H](C)/C=C/C=C/C=C/1C. The number of methoxy groups -OCH3 is 3. The van der Waals surface area contributed by atoms with Crippen molar-refractivity contribution in [1.82, 2.24) is 15.1 Å². The maximum Gasteiger partial charge on any atom is 0.407 e. The molecule has 2 N–H and O–H groups in total. The Labute approximate surface area is 453 Å². The van der Waals surface area contributed by atoms with Gasteiger partial charge in [0.15, 0.2) is 5.78 Å². The third kappa shape index (κ3) is 17.4. The van der Waals surface area contributed by atoms with Gasteiger partial charge in [-0.15, -0.1) is 0 Å². The number of piperidine rings is 1. The van der Waals surface area contributed by atoms with E-state index in [4.69, 9.17) is 33.2 Å². The molecule has 0 aromatic rings. The van der Waals surface area contributed by atoms with Gasteiger partial charge in [-0.25, -0.2) is 9.59 Å². The molecule has 0 unspecified atom stereocenters. The van der Waals surface area contributed by atoms with Crippen molar-refractivity contribution in [3.05, 3.63) is 47.6 Å². The topological polar surface area (TPSA) is 206 Å². The first-order valence-corrected chi connectivity index (χ1v) is 28.2. The Morgan fingerprint density at radius 3 is 2.29 bits per heavy atom. The summed E-state index contributed by atoms with van der Waals surface area (Å²) in [4.78, 5) is 88.5. The maximum atomic E-state index is 14.7. The van der Waals surface area contributed by atoms with E-state index in [0.717, 1.165) is 18.7 Å². The molecule has 0 radical (unpaired) electrons. The Balaban J connectivity index is 1.40. The van der Waals surface area contributed by atoms with Gasteiger partial charge in [0.1, 0.15) is 41.8 Å². The molecular formula is C59H93N3O14. The number of aliphatic hydroxyl groups excluding tert-OH is 1. The number of nitrogens with zero attached hydrogens (tertiary/aromatic N) is 2. The van der Waals surface area contributed by atoms with Gasteiger partial charge in [-0.2, -0.15) is 0 Å². The number of aliphatic hydroxyl groups is 1. The molecule has 428 valence electrons. The van der Waals surface area contributed by atoms with E-state index in [1.165, 1.54) is 12.0 Å². The van der Waals surface area contributed by atoms with Crippen molar-refractivity contribution in [2.24, 2.45) is 35.5 Å². The summed E-state index contributed by atoms with van der Waals surface area (Å²) in [5, 5.41) is 14.4. The number of Topliss-reactive ketones (excluding diaryl/α,β-unsaturated/α-hetero) is 3. The highest BCUT2D eigenvalue weighted by Gasteiger charge is 2.51. The lowest BCUT2D eigenvalue weighted by Gasteiger charge is -2.44. The van der Waals surface area contributed by atoms with Crippen molar-refractivity contribution >= 4 is 35.3 Å². The molecule has 15 atom stereocenters. The fourth-order valence-electron chi connectivity index (χ4n) is 11.8. The summed E-state index contributed by atoms with van der Waals surface area (Å²) >= 11 is 0. The first-order chi connectivity index (χ1) is 36.2. The molecule has 5 aliphatic rings. The average Bonchev–Trinajstić information content (AvgIpc) is 3.40. The second-order valence-electron chi connectivity index (χ2n) is 22.8. The number of rotatable bonds is 10. The Bertz CT molecular complexity index is 2070. The van der Waals surface area contributed by atoms with Crippen molar-refractivity contribution in [3.63, 3.8) is 0 Å². The molecule has 17 nitrogen and oxygen atoms in total. The lowest BCUT2D eigenvalue weighted by molar-refractivity contribution is -0.184. The molecular weight excluding hydrogens is 975 g/mol. The number of nitrogens with one attached hydrogen (secondary N) is 1. The molecule has 4 fully saturated rings. The van der Waals surface area contributed by atoms with Gasteiger partial charge in [0.05, 0.1) is 31.5 Å². The van der Waals surface area contributed by atoms with Gasteiger partial charge < -0.3 is 48.5 Å². The van der Waals surface area contributed by atoms with Crippen LogP contribution >= 0.6 is 0 Å². The van der Waals surface area contributed by atoms with Crippen LogP contribution in [0.5, 0.6) is 0 Å². The highest BCUT2D eigenvalue weighted by Crippen LogP contribution is 2.39. The van der Waals surface area contributed by atoms with Gasteiger partial charge in [0.25, 0.3) is 11.7 Å². The second-order valence-corrected chi connectivity index (χ2v) is 22.8. The van der Waals surface area contributed by atoms with E-state index in [-0.39, 0.29) is 72.9 Å². The number of fused-ring (bicyclic) bond motifs is 3. The number of ether oxygens (including phenoxy) is 7. The lowest BCUT2D eigenvalue weighted by Crippen LogP contribution is -2.59. The summed E-state index contributed by atoms with van der Waals surface area (Å²) < 4.78 is 41.8. The summed E-state index contributed by atoms with van der Waals surface area (Å²) in [5.41, 5.74) is -0.107. The van der Waals surface area contributed by atoms with Crippen LogP contribution in [0.1, 0.15) is 132 Å². The van der Waals surface area contributed by atoms with Crippen LogP contribution in [-0.4, -0.2) is 172 Å². The fraction of sp³-hybridized carbons (Fsp3) is 0.763. The molecule has 4 heterocycles. The van der Waals surface area contributed by atoms with Crippen LogP contribution in [0.4, 0.5) is 4.79 Å². The van der Waals surface area contributed by atoms with E-state index in [1.807, 2.05) is 65.0 Å². The van der Waals surface area contributed by atoms with Crippen molar-refractivity contribution in [1.29, 1.82) is 0 Å². The summed E-state index contributed by atoms with van der Waals surface area (Å²) in [6, 6.07) is -1.06. The number of hydrogen-bond acceptors (Lipinski definition) is 15.